The molecular formula is C17H16FN3O3S. The van der Waals surface area contributed by atoms with Crippen LogP contribution in [0, 0.1) is 12.7 Å². The summed E-state index contributed by atoms with van der Waals surface area (Å²) in [5.41, 5.74) is 3.79. The Hall–Kier alpha value is -2.55. The first-order chi connectivity index (χ1) is 12.1. The van der Waals surface area contributed by atoms with E-state index in [4.69, 9.17) is 9.94 Å². The second-order valence-electron chi connectivity index (χ2n) is 5.29. The molecule has 8 heteroatoms. The van der Waals surface area contributed by atoms with Crippen molar-refractivity contribution < 1.29 is 19.1 Å². The average Bonchev–Trinajstić information content (AvgIpc) is 2.96. The molecular weight excluding hydrogens is 345 g/mol. The van der Waals surface area contributed by atoms with Crippen molar-refractivity contribution in [3.63, 3.8) is 0 Å². The van der Waals surface area contributed by atoms with Gasteiger partial charge in [0.2, 0.25) is 0 Å². The zero-order valence-corrected chi connectivity index (χ0v) is 14.2. The van der Waals surface area contributed by atoms with Gasteiger partial charge in [0.25, 0.3) is 5.91 Å². The monoisotopic (exact) mass is 361 g/mol. The number of nitrogens with one attached hydrogen (secondary N) is 2. The number of benzene rings is 1. The van der Waals surface area contributed by atoms with Crippen molar-refractivity contribution in [2.24, 2.45) is 0 Å². The number of halogens is 1. The number of amides is 1. The Balaban J connectivity index is 1.99. The maximum absolute atomic E-state index is 14.2. The maximum atomic E-state index is 14.2. The molecule has 0 aliphatic carbocycles. The van der Waals surface area contributed by atoms with Gasteiger partial charge in [0.1, 0.15) is 10.7 Å². The van der Waals surface area contributed by atoms with E-state index in [1.165, 1.54) is 17.4 Å². The van der Waals surface area contributed by atoms with Crippen molar-refractivity contribution in [3.05, 3.63) is 52.9 Å². The van der Waals surface area contributed by atoms with Crippen molar-refractivity contribution in [1.29, 1.82) is 0 Å². The third-order valence-corrected chi connectivity index (χ3v) is 4.61. The van der Waals surface area contributed by atoms with Gasteiger partial charge in [0.05, 0.1) is 24.6 Å². The number of thiophene rings is 1. The van der Waals surface area contributed by atoms with E-state index in [1.54, 1.807) is 37.5 Å². The number of rotatable bonds is 6. The first-order valence-corrected chi connectivity index (χ1v) is 8.34. The third-order valence-electron chi connectivity index (χ3n) is 3.44. The minimum absolute atomic E-state index is 0.0203. The lowest BCUT2D eigenvalue weighted by atomic mass is 10.2. The van der Waals surface area contributed by atoms with Gasteiger partial charge in [-0.25, -0.2) is 9.87 Å². The minimum atomic E-state index is -0.482. The van der Waals surface area contributed by atoms with Crippen LogP contribution in [0.5, 0.6) is 0 Å². The molecule has 0 fully saturated rings. The lowest BCUT2D eigenvalue weighted by molar-refractivity contribution is 0.0172. The smallest absolute Gasteiger partial charge is 0.287 e. The summed E-state index contributed by atoms with van der Waals surface area (Å²) >= 11 is 1.24. The van der Waals surface area contributed by atoms with Gasteiger partial charge in [0, 0.05) is 22.5 Å². The summed E-state index contributed by atoms with van der Waals surface area (Å²) in [7, 11) is 0. The number of aliphatic hydroxyl groups excluding tert-OH is 1. The van der Waals surface area contributed by atoms with Gasteiger partial charge in [-0.3, -0.25) is 14.6 Å². The van der Waals surface area contributed by atoms with Crippen LogP contribution >= 0.6 is 11.3 Å². The topological polar surface area (TPSA) is 83.5 Å². The van der Waals surface area contributed by atoms with Gasteiger partial charge in [0.15, 0.2) is 0 Å². The zero-order valence-electron chi connectivity index (χ0n) is 13.4. The normalized spacial score (nSPS) is 10.8. The number of nitrogens with zero attached hydrogens (tertiary/aromatic N) is 1. The molecule has 3 aromatic rings. The van der Waals surface area contributed by atoms with Crippen LogP contribution in [0.2, 0.25) is 0 Å². The van der Waals surface area contributed by atoms with Gasteiger partial charge < -0.3 is 10.4 Å². The summed E-state index contributed by atoms with van der Waals surface area (Å²) in [6.45, 7) is 1.57. The largest absolute Gasteiger partial charge is 0.394 e. The molecule has 0 aliphatic rings. The number of pyridine rings is 1. The second-order valence-corrected chi connectivity index (χ2v) is 6.34. The molecule has 0 saturated heterocycles. The molecule has 1 aromatic carbocycles. The molecule has 0 aliphatic heterocycles. The summed E-state index contributed by atoms with van der Waals surface area (Å²) in [6, 6.07) is 6.60. The lowest BCUT2D eigenvalue weighted by Crippen LogP contribution is -2.24. The van der Waals surface area contributed by atoms with Crippen molar-refractivity contribution in [3.8, 4) is 0 Å². The van der Waals surface area contributed by atoms with E-state index < -0.39 is 11.7 Å². The molecule has 2 aromatic heterocycles. The maximum Gasteiger partial charge on any atom is 0.287 e. The van der Waals surface area contributed by atoms with Crippen molar-refractivity contribution >= 4 is 38.7 Å². The van der Waals surface area contributed by atoms with Crippen LogP contribution in [-0.4, -0.2) is 29.2 Å². The third kappa shape index (κ3) is 3.76. The number of aromatic nitrogens is 1. The van der Waals surface area contributed by atoms with E-state index in [-0.39, 0.29) is 18.9 Å². The van der Waals surface area contributed by atoms with Crippen LogP contribution in [0.3, 0.4) is 0 Å². The molecule has 3 rings (SSSR count). The molecule has 0 bridgehead atoms. The zero-order chi connectivity index (χ0) is 17.8. The molecule has 0 spiro atoms. The highest BCUT2D eigenvalue weighted by Crippen LogP contribution is 2.37. The van der Waals surface area contributed by atoms with E-state index in [9.17, 15) is 9.18 Å². The Labute approximate surface area is 147 Å². The highest BCUT2D eigenvalue weighted by Gasteiger charge is 2.20. The van der Waals surface area contributed by atoms with Crippen LogP contribution in [0.1, 0.15) is 15.2 Å². The summed E-state index contributed by atoms with van der Waals surface area (Å²) < 4.78 is 15.0. The highest BCUT2D eigenvalue weighted by atomic mass is 32.1. The molecule has 6 nitrogen and oxygen atoms in total. The first-order valence-electron chi connectivity index (χ1n) is 7.53. The molecule has 1 amide bonds. The van der Waals surface area contributed by atoms with E-state index >= 15 is 0 Å². The molecule has 0 radical (unpaired) electrons. The fourth-order valence-electron chi connectivity index (χ4n) is 2.29. The van der Waals surface area contributed by atoms with Crippen molar-refractivity contribution in [1.82, 2.24) is 10.5 Å². The first kappa shape index (κ1) is 17.3. The predicted octanol–water partition coefficient (Wildman–Crippen LogP) is 3.14. The van der Waals surface area contributed by atoms with Gasteiger partial charge in [-0.15, -0.1) is 11.3 Å². The van der Waals surface area contributed by atoms with Gasteiger partial charge in [-0.05, 0) is 30.7 Å². The molecule has 0 unspecified atom stereocenters. The minimum Gasteiger partial charge on any atom is -0.394 e. The molecule has 2 heterocycles. The molecule has 0 saturated carbocycles. The van der Waals surface area contributed by atoms with Crippen LogP contribution in [0.4, 0.5) is 15.8 Å². The van der Waals surface area contributed by atoms with Crippen LogP contribution in [-0.2, 0) is 4.84 Å². The standard InChI is InChI=1S/C17H16FN3O3S/c1-10-2-3-13(12(18)8-10)20-15-11-9-19-5-4-14(11)25-16(15)17(23)21-24-7-6-22/h2-5,8-9,20,22H,6-7H2,1H3,(H,21,23). The van der Waals surface area contributed by atoms with Gasteiger partial charge in [-0.1, -0.05) is 6.07 Å². The number of aryl methyl sites for hydroxylation is 1. The van der Waals surface area contributed by atoms with Gasteiger partial charge >= 0.3 is 0 Å². The SMILES string of the molecule is Cc1ccc(Nc2c(C(=O)NOCCO)sc3ccncc23)c(F)c1. The lowest BCUT2D eigenvalue weighted by Gasteiger charge is -2.10. The molecule has 0 atom stereocenters. The summed E-state index contributed by atoms with van der Waals surface area (Å²) in [5, 5.41) is 12.4. The van der Waals surface area contributed by atoms with Crippen LogP contribution in [0.15, 0.2) is 36.7 Å². The Morgan fingerprint density at radius 3 is 3.00 bits per heavy atom. The molecule has 130 valence electrons. The van der Waals surface area contributed by atoms with E-state index in [0.717, 1.165) is 10.3 Å². The van der Waals surface area contributed by atoms with Crippen LogP contribution < -0.4 is 10.8 Å². The van der Waals surface area contributed by atoms with Gasteiger partial charge in [-0.2, -0.15) is 0 Å². The number of anilines is 2. The number of hydrogen-bond donors (Lipinski definition) is 3. The number of hydroxylamine groups is 1. The Morgan fingerprint density at radius 1 is 1.40 bits per heavy atom. The van der Waals surface area contributed by atoms with Crippen molar-refractivity contribution in [2.45, 2.75) is 6.92 Å². The number of fused-ring (bicyclic) bond motifs is 1. The second kappa shape index (κ2) is 7.56. The Kier molecular flexibility index (Phi) is 5.22. The summed E-state index contributed by atoms with van der Waals surface area (Å²) in [5.74, 6) is -0.893. The average molecular weight is 361 g/mol. The predicted molar refractivity (Wildman–Crippen MR) is 94.5 cm³/mol. The van der Waals surface area contributed by atoms with E-state index in [1.807, 2.05) is 0 Å². The van der Waals surface area contributed by atoms with Crippen LogP contribution in [0.25, 0.3) is 10.1 Å². The van der Waals surface area contributed by atoms with E-state index in [2.05, 4.69) is 15.8 Å². The number of carbonyl (C=O) groups is 1. The number of aliphatic hydroxyl groups is 1. The summed E-state index contributed by atoms with van der Waals surface area (Å²) in [6.07, 6.45) is 3.24. The Bertz CT molecular complexity index is 913. The van der Waals surface area contributed by atoms with E-state index in [0.29, 0.717) is 16.0 Å². The summed E-state index contributed by atoms with van der Waals surface area (Å²) in [4.78, 5) is 21.7. The number of hydrogen-bond acceptors (Lipinski definition) is 6. The number of carbonyl (C=O) groups excluding carboxylic acids is 1. The highest BCUT2D eigenvalue weighted by molar-refractivity contribution is 7.21. The fourth-order valence-corrected chi connectivity index (χ4v) is 3.30. The molecule has 25 heavy (non-hydrogen) atoms. The fraction of sp³-hybridized carbons (Fsp3) is 0.176. The van der Waals surface area contributed by atoms with Crippen molar-refractivity contribution in [2.75, 3.05) is 18.5 Å². The molecule has 3 N–H and O–H groups in total. The quantitative estimate of drug-likeness (QED) is 0.464. The Morgan fingerprint density at radius 2 is 2.24 bits per heavy atom.